The van der Waals surface area contributed by atoms with Crippen molar-refractivity contribution in [2.45, 2.75) is 5.41 Å². The van der Waals surface area contributed by atoms with Gasteiger partial charge in [0.25, 0.3) is 0 Å². The van der Waals surface area contributed by atoms with Crippen molar-refractivity contribution in [3.63, 3.8) is 0 Å². The van der Waals surface area contributed by atoms with E-state index in [-0.39, 0.29) is 0 Å². The number of benzene rings is 11. The number of fused-ring (bicyclic) bond motifs is 16. The average Bonchev–Trinajstić information content (AvgIpc) is 4.13. The van der Waals surface area contributed by atoms with Crippen LogP contribution < -0.4 is 0 Å². The van der Waals surface area contributed by atoms with Gasteiger partial charge in [-0.05, 0) is 120 Å². The Morgan fingerprint density at radius 2 is 0.808 bits per heavy atom. The second kappa shape index (κ2) is 15.1. The quantitative estimate of drug-likeness (QED) is 0.173. The molecule has 3 aromatic heterocycles. The van der Waals surface area contributed by atoms with Crippen LogP contribution in [0.5, 0.6) is 0 Å². The van der Waals surface area contributed by atoms with E-state index in [2.05, 4.69) is 223 Å². The molecule has 11 aromatic carbocycles. The molecule has 0 unspecified atom stereocenters. The summed E-state index contributed by atoms with van der Waals surface area (Å²) in [5, 5.41) is 6.73. The summed E-state index contributed by atoms with van der Waals surface area (Å²) in [6.45, 7) is 0. The van der Waals surface area contributed by atoms with Gasteiger partial charge in [0.2, 0.25) is 5.95 Å². The molecule has 3 heterocycles. The second-order valence-corrected chi connectivity index (χ2v) is 19.4. The monoisotopic (exact) mass is 928 g/mol. The van der Waals surface area contributed by atoms with Gasteiger partial charge in [0.1, 0.15) is 11.2 Å². The summed E-state index contributed by atoms with van der Waals surface area (Å²) in [5.41, 5.74) is 19.5. The molecule has 2 aliphatic rings. The smallest absolute Gasteiger partial charge is 0.238 e. The molecule has 0 saturated carbocycles. The maximum absolute atomic E-state index is 6.48. The van der Waals surface area contributed by atoms with E-state index in [1.54, 1.807) is 0 Å². The number of aromatic nitrogens is 4. The zero-order chi connectivity index (χ0) is 47.8. The van der Waals surface area contributed by atoms with Gasteiger partial charge in [-0.1, -0.05) is 200 Å². The Morgan fingerprint density at radius 3 is 1.51 bits per heavy atom. The lowest BCUT2D eigenvalue weighted by atomic mass is 9.61. The van der Waals surface area contributed by atoms with E-state index in [1.165, 1.54) is 55.3 Å². The van der Waals surface area contributed by atoms with Crippen molar-refractivity contribution in [3.05, 3.63) is 265 Å². The summed E-state index contributed by atoms with van der Waals surface area (Å²) < 4.78 is 8.76. The van der Waals surface area contributed by atoms with Crippen LogP contribution in [-0.2, 0) is 5.41 Å². The summed E-state index contributed by atoms with van der Waals surface area (Å²) >= 11 is 0. The summed E-state index contributed by atoms with van der Waals surface area (Å²) in [4.78, 5) is 16.7. The largest absolute Gasteiger partial charge is 0.456 e. The van der Waals surface area contributed by atoms with E-state index in [0.29, 0.717) is 17.6 Å². The Balaban J connectivity index is 1.02. The molecule has 14 aromatic rings. The summed E-state index contributed by atoms with van der Waals surface area (Å²) in [6.07, 6.45) is 0. The van der Waals surface area contributed by atoms with Gasteiger partial charge in [-0.2, -0.15) is 9.97 Å². The van der Waals surface area contributed by atoms with E-state index >= 15 is 0 Å². The highest BCUT2D eigenvalue weighted by Crippen LogP contribution is 2.62. The maximum atomic E-state index is 6.48. The molecule has 0 bridgehead atoms. The van der Waals surface area contributed by atoms with Crippen molar-refractivity contribution < 1.29 is 4.42 Å². The molecule has 5 nitrogen and oxygen atoms in total. The normalized spacial score (nSPS) is 13.0. The lowest BCUT2D eigenvalue weighted by Gasteiger charge is -2.40. The standard InChI is InChI=1S/C68H40N4O/c1-3-19-41(20-4-1)43-37-44(42-21-5-2-6-22-42)39-45(38-43)65-69-66(52-29-18-36-61-64(52)50-27-11-16-35-60(50)73-61)71-67(70-65)72-58-34-15-10-26-49(58)63-51-28-17-33-57-62(51)53(40-59(63)72)48-25-9-14-32-56(48)68(57)54-30-12-7-23-46(54)47-24-8-13-31-55(47)68/h1-40H. The molecule has 0 amide bonds. The average molecular weight is 929 g/mol. The molecule has 0 aliphatic heterocycles. The van der Waals surface area contributed by atoms with E-state index in [0.717, 1.165) is 77.1 Å². The summed E-state index contributed by atoms with van der Waals surface area (Å²) in [6, 6.07) is 87.4. The first-order valence-corrected chi connectivity index (χ1v) is 24.9. The molecule has 0 radical (unpaired) electrons. The van der Waals surface area contributed by atoms with Crippen LogP contribution in [0, 0.1) is 0 Å². The molecule has 0 atom stereocenters. The molecular weight excluding hydrogens is 889 g/mol. The summed E-state index contributed by atoms with van der Waals surface area (Å²) in [7, 11) is 0. The van der Waals surface area contributed by atoms with Crippen LogP contribution in [0.1, 0.15) is 22.3 Å². The SMILES string of the molecule is c1ccc(-c2cc(-c3ccccc3)cc(-c3nc(-c4cccc5oc6ccccc6c45)nc(-n4c5ccccc5c5c6cccc7c6c(cc54)-c4ccccc4C74c5ccccc5-c5ccccc54)n3)c2)cc1. The highest BCUT2D eigenvalue weighted by Gasteiger charge is 2.50. The highest BCUT2D eigenvalue weighted by molar-refractivity contribution is 6.26. The van der Waals surface area contributed by atoms with Crippen molar-refractivity contribution in [1.82, 2.24) is 19.5 Å². The number of hydrogen-bond acceptors (Lipinski definition) is 4. The Labute approximate surface area is 420 Å². The zero-order valence-electron chi connectivity index (χ0n) is 39.3. The van der Waals surface area contributed by atoms with Crippen LogP contribution in [0.25, 0.3) is 128 Å². The first-order chi connectivity index (χ1) is 36.2. The highest BCUT2D eigenvalue weighted by atomic mass is 16.3. The van der Waals surface area contributed by atoms with Crippen molar-refractivity contribution in [3.8, 4) is 73.2 Å². The lowest BCUT2D eigenvalue weighted by Crippen LogP contribution is -2.31. The van der Waals surface area contributed by atoms with Gasteiger partial charge in [0, 0.05) is 32.7 Å². The molecule has 0 fully saturated rings. The van der Waals surface area contributed by atoms with E-state index < -0.39 is 5.41 Å². The van der Waals surface area contributed by atoms with Crippen LogP contribution in [0.3, 0.4) is 0 Å². The third-order valence-corrected chi connectivity index (χ3v) is 15.6. The van der Waals surface area contributed by atoms with Crippen molar-refractivity contribution in [2.75, 3.05) is 0 Å². The fourth-order valence-corrected chi connectivity index (χ4v) is 12.7. The molecule has 5 heteroatoms. The molecule has 0 saturated heterocycles. The van der Waals surface area contributed by atoms with Gasteiger partial charge in [0.05, 0.1) is 16.4 Å². The van der Waals surface area contributed by atoms with Crippen LogP contribution in [-0.4, -0.2) is 19.5 Å². The Hall–Kier alpha value is -9.71. The molecule has 16 rings (SSSR count). The second-order valence-electron chi connectivity index (χ2n) is 19.4. The molecular formula is C68H40N4O. The maximum Gasteiger partial charge on any atom is 0.238 e. The molecule has 73 heavy (non-hydrogen) atoms. The van der Waals surface area contributed by atoms with Crippen molar-refractivity contribution >= 4 is 54.5 Å². The van der Waals surface area contributed by atoms with Gasteiger partial charge < -0.3 is 4.42 Å². The van der Waals surface area contributed by atoms with Gasteiger partial charge in [-0.3, -0.25) is 4.57 Å². The molecule has 0 N–H and O–H groups in total. The number of rotatable bonds is 5. The van der Waals surface area contributed by atoms with Gasteiger partial charge in [-0.15, -0.1) is 0 Å². The van der Waals surface area contributed by atoms with E-state index in [9.17, 15) is 0 Å². The minimum absolute atomic E-state index is 0.508. The minimum Gasteiger partial charge on any atom is -0.456 e. The molecule has 1 spiro atoms. The fraction of sp³-hybridized carbons (Fsp3) is 0.0147. The third-order valence-electron chi connectivity index (χ3n) is 15.6. The Kier molecular flexibility index (Phi) is 8.31. The number of hydrogen-bond donors (Lipinski definition) is 0. The topological polar surface area (TPSA) is 56.7 Å². The minimum atomic E-state index is -0.508. The fourth-order valence-electron chi connectivity index (χ4n) is 12.7. The van der Waals surface area contributed by atoms with Crippen LogP contribution >= 0.6 is 0 Å². The van der Waals surface area contributed by atoms with Gasteiger partial charge >= 0.3 is 0 Å². The van der Waals surface area contributed by atoms with Gasteiger partial charge in [0.15, 0.2) is 11.6 Å². The Morgan fingerprint density at radius 1 is 0.301 bits per heavy atom. The molecule has 338 valence electrons. The predicted octanol–water partition coefficient (Wildman–Crippen LogP) is 17.0. The number of nitrogens with zero attached hydrogens (tertiary/aromatic N) is 4. The van der Waals surface area contributed by atoms with E-state index in [4.69, 9.17) is 19.4 Å². The number of para-hydroxylation sites is 2. The van der Waals surface area contributed by atoms with Crippen molar-refractivity contribution in [1.29, 1.82) is 0 Å². The van der Waals surface area contributed by atoms with E-state index in [1.807, 2.05) is 24.3 Å². The summed E-state index contributed by atoms with van der Waals surface area (Å²) in [5.74, 6) is 1.66. The lowest BCUT2D eigenvalue weighted by molar-refractivity contribution is 0.669. The third kappa shape index (κ3) is 5.59. The van der Waals surface area contributed by atoms with Crippen LogP contribution in [0.2, 0.25) is 0 Å². The predicted molar refractivity (Wildman–Crippen MR) is 297 cm³/mol. The van der Waals surface area contributed by atoms with Crippen LogP contribution in [0.15, 0.2) is 247 Å². The molecule has 2 aliphatic carbocycles. The van der Waals surface area contributed by atoms with Crippen molar-refractivity contribution in [2.24, 2.45) is 0 Å². The zero-order valence-corrected chi connectivity index (χ0v) is 39.3. The first-order valence-electron chi connectivity index (χ1n) is 24.9. The first kappa shape index (κ1) is 40.1. The number of furan rings is 1. The van der Waals surface area contributed by atoms with Gasteiger partial charge in [-0.25, -0.2) is 4.98 Å². The van der Waals surface area contributed by atoms with Crippen LogP contribution in [0.4, 0.5) is 0 Å². The Bertz CT molecular complexity index is 4520.